The highest BCUT2D eigenvalue weighted by Gasteiger charge is 2.37. The Labute approximate surface area is 144 Å². The minimum absolute atomic E-state index is 0.162. The maximum Gasteiger partial charge on any atom is 0.338 e. The molecule has 0 saturated carbocycles. The van der Waals surface area contributed by atoms with E-state index in [1.165, 1.54) is 0 Å². The van der Waals surface area contributed by atoms with E-state index >= 15 is 0 Å². The predicted molar refractivity (Wildman–Crippen MR) is 93.7 cm³/mol. The predicted octanol–water partition coefficient (Wildman–Crippen LogP) is 3.75. The number of nitrogens with zero attached hydrogens (tertiary/aromatic N) is 3. The molecular weight excluding hydrogens is 302 g/mol. The van der Waals surface area contributed by atoms with Gasteiger partial charge in [-0.2, -0.15) is 0 Å². The van der Waals surface area contributed by atoms with Crippen LogP contribution in [0.1, 0.15) is 57.1 Å². The van der Waals surface area contributed by atoms with E-state index in [1.807, 2.05) is 38.4 Å². The molecule has 1 atom stereocenters. The second kappa shape index (κ2) is 6.75. The van der Waals surface area contributed by atoms with Crippen molar-refractivity contribution >= 4 is 5.97 Å². The number of aryl methyl sites for hydroxylation is 1. The van der Waals surface area contributed by atoms with Gasteiger partial charge in [-0.05, 0) is 25.5 Å². The van der Waals surface area contributed by atoms with Gasteiger partial charge in [0.2, 0.25) is 0 Å². The van der Waals surface area contributed by atoms with Crippen molar-refractivity contribution in [2.75, 3.05) is 0 Å². The molecule has 24 heavy (non-hydrogen) atoms. The summed E-state index contributed by atoms with van der Waals surface area (Å²) in [7, 11) is 1.86. The second-order valence-electron chi connectivity index (χ2n) is 7.74. The van der Waals surface area contributed by atoms with Gasteiger partial charge in [0.25, 0.3) is 0 Å². The third kappa shape index (κ3) is 4.22. The zero-order valence-electron chi connectivity index (χ0n) is 15.4. The van der Waals surface area contributed by atoms with E-state index in [2.05, 4.69) is 38.0 Å². The first-order valence-corrected chi connectivity index (χ1v) is 8.25. The van der Waals surface area contributed by atoms with Gasteiger partial charge in [0.05, 0.1) is 11.3 Å². The summed E-state index contributed by atoms with van der Waals surface area (Å²) in [6, 6.07) is 9.10. The molecule has 1 aromatic heterocycles. The molecule has 1 aromatic carbocycles. The van der Waals surface area contributed by atoms with Crippen LogP contribution in [-0.2, 0) is 17.2 Å². The van der Waals surface area contributed by atoms with Gasteiger partial charge in [-0.3, -0.25) is 4.68 Å². The molecule has 0 bridgehead atoms. The third-order valence-corrected chi connectivity index (χ3v) is 4.59. The highest BCUT2D eigenvalue weighted by molar-refractivity contribution is 5.89. The summed E-state index contributed by atoms with van der Waals surface area (Å²) in [4.78, 5) is 12.3. The van der Waals surface area contributed by atoms with Crippen molar-refractivity contribution in [2.45, 2.75) is 52.6 Å². The molecular formula is C19H27N3O2. The van der Waals surface area contributed by atoms with E-state index in [4.69, 9.17) is 4.74 Å². The van der Waals surface area contributed by atoms with Crippen LogP contribution in [-0.4, -0.2) is 27.1 Å². The summed E-state index contributed by atoms with van der Waals surface area (Å²) in [5.74, 6) is -0.284. The van der Waals surface area contributed by atoms with Crippen molar-refractivity contribution in [1.82, 2.24) is 15.0 Å². The fraction of sp³-hybridized carbons (Fsp3) is 0.526. The van der Waals surface area contributed by atoms with E-state index in [0.717, 1.165) is 12.1 Å². The number of benzene rings is 1. The van der Waals surface area contributed by atoms with Crippen molar-refractivity contribution in [3.8, 4) is 0 Å². The first-order valence-electron chi connectivity index (χ1n) is 8.25. The lowest BCUT2D eigenvalue weighted by molar-refractivity contribution is -0.00842. The van der Waals surface area contributed by atoms with Crippen molar-refractivity contribution in [1.29, 1.82) is 0 Å². The zero-order chi connectivity index (χ0) is 18.0. The summed E-state index contributed by atoms with van der Waals surface area (Å²) < 4.78 is 7.42. The fourth-order valence-electron chi connectivity index (χ4n) is 2.99. The number of rotatable bonds is 6. The van der Waals surface area contributed by atoms with Crippen LogP contribution in [0.5, 0.6) is 0 Å². The molecule has 0 amide bonds. The lowest BCUT2D eigenvalue weighted by Gasteiger charge is -2.37. The Balaban J connectivity index is 2.07. The second-order valence-corrected chi connectivity index (χ2v) is 7.74. The maximum absolute atomic E-state index is 12.3. The van der Waals surface area contributed by atoms with Gasteiger partial charge in [-0.15, -0.1) is 5.10 Å². The lowest BCUT2D eigenvalue weighted by Crippen LogP contribution is -2.37. The summed E-state index contributed by atoms with van der Waals surface area (Å²) in [5, 5.41) is 8.27. The fourth-order valence-corrected chi connectivity index (χ4v) is 2.99. The maximum atomic E-state index is 12.3. The van der Waals surface area contributed by atoms with E-state index in [9.17, 15) is 4.79 Å². The SMILES string of the molecule is CC(OC(=O)c1ccccc1)C(C)(C)CC(C)(C)c1cn(C)nn1. The molecule has 5 heteroatoms. The van der Waals surface area contributed by atoms with Gasteiger partial charge in [-0.25, -0.2) is 4.79 Å². The molecule has 5 nitrogen and oxygen atoms in total. The van der Waals surface area contributed by atoms with Crippen LogP contribution in [0.15, 0.2) is 36.5 Å². The molecule has 0 aliphatic carbocycles. The van der Waals surface area contributed by atoms with Crippen molar-refractivity contribution in [2.24, 2.45) is 12.5 Å². The highest BCUT2D eigenvalue weighted by Crippen LogP contribution is 2.39. The molecule has 0 spiro atoms. The van der Waals surface area contributed by atoms with Crippen LogP contribution in [0.2, 0.25) is 0 Å². The average molecular weight is 329 g/mol. The number of carbonyl (C=O) groups excluding carboxylic acids is 1. The summed E-state index contributed by atoms with van der Waals surface area (Å²) in [6.07, 6.45) is 2.54. The monoisotopic (exact) mass is 329 g/mol. The minimum atomic E-state index is -0.284. The number of ether oxygens (including phenoxy) is 1. The van der Waals surface area contributed by atoms with Crippen molar-refractivity contribution < 1.29 is 9.53 Å². The quantitative estimate of drug-likeness (QED) is 0.757. The van der Waals surface area contributed by atoms with Gasteiger partial charge < -0.3 is 4.74 Å². The van der Waals surface area contributed by atoms with Crippen LogP contribution >= 0.6 is 0 Å². The van der Waals surface area contributed by atoms with Crippen LogP contribution < -0.4 is 0 Å². The molecule has 2 aromatic rings. The molecule has 1 heterocycles. The average Bonchev–Trinajstić information content (AvgIpc) is 2.94. The standard InChI is InChI=1S/C19H27N3O2/c1-14(24-17(23)15-10-8-7-9-11-15)18(2,3)13-19(4,5)16-12-22(6)21-20-16/h7-12,14H,13H2,1-6H3. The van der Waals surface area contributed by atoms with Gasteiger partial charge in [0.15, 0.2) is 0 Å². The summed E-state index contributed by atoms with van der Waals surface area (Å²) in [6.45, 7) is 10.5. The topological polar surface area (TPSA) is 57.0 Å². The summed E-state index contributed by atoms with van der Waals surface area (Å²) >= 11 is 0. The van der Waals surface area contributed by atoms with E-state index in [0.29, 0.717) is 5.56 Å². The molecule has 2 rings (SSSR count). The van der Waals surface area contributed by atoms with Gasteiger partial charge in [0.1, 0.15) is 6.10 Å². The van der Waals surface area contributed by atoms with Crippen LogP contribution in [0, 0.1) is 5.41 Å². The number of carbonyl (C=O) groups is 1. The number of aromatic nitrogens is 3. The Hall–Kier alpha value is -2.17. The lowest BCUT2D eigenvalue weighted by atomic mass is 9.71. The smallest absolute Gasteiger partial charge is 0.338 e. The summed E-state index contributed by atoms with van der Waals surface area (Å²) in [5.41, 5.74) is 1.16. The molecule has 0 aliphatic heterocycles. The Morgan fingerprint density at radius 3 is 2.38 bits per heavy atom. The van der Waals surface area contributed by atoms with E-state index < -0.39 is 0 Å². The molecule has 130 valence electrons. The molecule has 0 aliphatic rings. The normalized spacial score (nSPS) is 13.6. The Bertz CT molecular complexity index is 690. The first kappa shape index (κ1) is 18.2. The van der Waals surface area contributed by atoms with E-state index in [-0.39, 0.29) is 22.9 Å². The Morgan fingerprint density at radius 1 is 1.21 bits per heavy atom. The van der Waals surface area contributed by atoms with Gasteiger partial charge >= 0.3 is 5.97 Å². The molecule has 0 saturated heterocycles. The molecule has 1 unspecified atom stereocenters. The van der Waals surface area contributed by atoms with Crippen LogP contribution in [0.25, 0.3) is 0 Å². The minimum Gasteiger partial charge on any atom is -0.459 e. The number of hydrogen-bond acceptors (Lipinski definition) is 4. The van der Waals surface area contributed by atoms with Gasteiger partial charge in [0, 0.05) is 24.1 Å². The van der Waals surface area contributed by atoms with E-state index in [1.54, 1.807) is 16.8 Å². The molecule has 0 radical (unpaired) electrons. The Kier molecular flexibility index (Phi) is 5.11. The zero-order valence-corrected chi connectivity index (χ0v) is 15.4. The van der Waals surface area contributed by atoms with Crippen LogP contribution in [0.3, 0.4) is 0 Å². The van der Waals surface area contributed by atoms with Crippen LogP contribution in [0.4, 0.5) is 0 Å². The third-order valence-electron chi connectivity index (χ3n) is 4.59. The number of hydrogen-bond donors (Lipinski definition) is 0. The molecule has 0 fully saturated rings. The van der Waals surface area contributed by atoms with Gasteiger partial charge in [-0.1, -0.05) is 51.1 Å². The highest BCUT2D eigenvalue weighted by atomic mass is 16.5. The van der Waals surface area contributed by atoms with Crippen molar-refractivity contribution in [3.63, 3.8) is 0 Å². The Morgan fingerprint density at radius 2 is 1.83 bits per heavy atom. The first-order chi connectivity index (χ1) is 11.1. The molecule has 0 N–H and O–H groups in total. The largest absolute Gasteiger partial charge is 0.459 e. The van der Waals surface area contributed by atoms with Crippen molar-refractivity contribution in [3.05, 3.63) is 47.8 Å². The number of esters is 1.